The lowest BCUT2D eigenvalue weighted by molar-refractivity contribution is 0.111. The molecular formula is C18H27N5O. The molecule has 0 unspecified atom stereocenters. The maximum atomic E-state index is 5.75. The van der Waals surface area contributed by atoms with E-state index in [4.69, 9.17) is 9.72 Å². The summed E-state index contributed by atoms with van der Waals surface area (Å²) in [6.07, 6.45) is 4.10. The molecule has 1 fully saturated rings. The van der Waals surface area contributed by atoms with Gasteiger partial charge in [-0.3, -0.25) is 4.68 Å². The topological polar surface area (TPSA) is 56.1 Å². The average molecular weight is 329 g/mol. The van der Waals surface area contributed by atoms with Crippen molar-refractivity contribution in [2.75, 3.05) is 31.2 Å². The molecule has 6 heteroatoms. The minimum atomic E-state index is 0.417. The first-order chi connectivity index (χ1) is 11.5. The van der Waals surface area contributed by atoms with Crippen LogP contribution in [-0.2, 0) is 11.8 Å². The van der Waals surface area contributed by atoms with Crippen LogP contribution in [0, 0.1) is 26.7 Å². The Balaban J connectivity index is 1.89. The summed E-state index contributed by atoms with van der Waals surface area (Å²) in [4.78, 5) is 11.6. The molecule has 0 spiro atoms. The van der Waals surface area contributed by atoms with Crippen LogP contribution in [-0.4, -0.2) is 46.1 Å². The molecule has 0 amide bonds. The molecular weight excluding hydrogens is 302 g/mol. The molecule has 0 aliphatic carbocycles. The van der Waals surface area contributed by atoms with Gasteiger partial charge in [0.25, 0.3) is 0 Å². The zero-order chi connectivity index (χ0) is 17.3. The van der Waals surface area contributed by atoms with Crippen molar-refractivity contribution < 1.29 is 4.74 Å². The van der Waals surface area contributed by atoms with Crippen LogP contribution in [0.4, 0.5) is 5.82 Å². The highest BCUT2D eigenvalue weighted by Crippen LogP contribution is 2.36. The largest absolute Gasteiger partial charge is 0.381 e. The van der Waals surface area contributed by atoms with Gasteiger partial charge in [-0.15, -0.1) is 0 Å². The van der Waals surface area contributed by atoms with Crippen molar-refractivity contribution in [3.05, 3.63) is 35.0 Å². The lowest BCUT2D eigenvalue weighted by Crippen LogP contribution is -2.24. The molecule has 130 valence electrons. The van der Waals surface area contributed by atoms with Gasteiger partial charge < -0.3 is 9.64 Å². The number of aromatic nitrogens is 4. The number of aryl methyl sites for hydroxylation is 3. The molecule has 24 heavy (non-hydrogen) atoms. The van der Waals surface area contributed by atoms with Crippen molar-refractivity contribution >= 4 is 5.82 Å². The minimum absolute atomic E-state index is 0.417. The highest BCUT2D eigenvalue weighted by molar-refractivity contribution is 5.50. The van der Waals surface area contributed by atoms with Gasteiger partial charge in [0.2, 0.25) is 0 Å². The quantitative estimate of drug-likeness (QED) is 0.843. The van der Waals surface area contributed by atoms with E-state index in [1.807, 2.05) is 31.8 Å². The normalized spacial score (nSPS) is 20.8. The first-order valence-corrected chi connectivity index (χ1v) is 8.62. The molecule has 1 aliphatic heterocycles. The predicted octanol–water partition coefficient (Wildman–Crippen LogP) is 2.39. The Bertz CT molecular complexity index is 711. The summed E-state index contributed by atoms with van der Waals surface area (Å²) in [5, 5.41) is 4.35. The Kier molecular flexibility index (Phi) is 4.85. The van der Waals surface area contributed by atoms with Crippen LogP contribution >= 0.6 is 0 Å². The lowest BCUT2D eigenvalue weighted by atomic mass is 9.92. The molecule has 3 rings (SSSR count). The van der Waals surface area contributed by atoms with Crippen molar-refractivity contribution in [3.63, 3.8) is 0 Å². The zero-order valence-corrected chi connectivity index (χ0v) is 15.3. The van der Waals surface area contributed by atoms with Gasteiger partial charge in [0.1, 0.15) is 11.6 Å². The summed E-state index contributed by atoms with van der Waals surface area (Å²) in [5.74, 6) is 2.76. The molecule has 2 atom stereocenters. The second-order valence-corrected chi connectivity index (χ2v) is 6.68. The van der Waals surface area contributed by atoms with E-state index >= 15 is 0 Å². The minimum Gasteiger partial charge on any atom is -0.381 e. The predicted molar refractivity (Wildman–Crippen MR) is 94.4 cm³/mol. The molecule has 6 nitrogen and oxygen atoms in total. The van der Waals surface area contributed by atoms with Gasteiger partial charge >= 0.3 is 0 Å². The van der Waals surface area contributed by atoms with Gasteiger partial charge in [-0.1, -0.05) is 0 Å². The van der Waals surface area contributed by atoms with E-state index in [0.29, 0.717) is 11.8 Å². The van der Waals surface area contributed by atoms with Crippen molar-refractivity contribution in [2.24, 2.45) is 13.0 Å². The van der Waals surface area contributed by atoms with E-state index in [0.717, 1.165) is 43.6 Å². The fraction of sp³-hybridized carbons (Fsp3) is 0.611. The summed E-state index contributed by atoms with van der Waals surface area (Å²) in [5.41, 5.74) is 3.51. The molecule has 0 saturated carbocycles. The van der Waals surface area contributed by atoms with Crippen molar-refractivity contribution in [3.8, 4) is 0 Å². The van der Waals surface area contributed by atoms with Crippen LogP contribution in [0.3, 0.4) is 0 Å². The molecule has 3 heterocycles. The Morgan fingerprint density at radius 2 is 2.00 bits per heavy atom. The maximum Gasteiger partial charge on any atom is 0.135 e. The highest BCUT2D eigenvalue weighted by Gasteiger charge is 2.36. The van der Waals surface area contributed by atoms with Gasteiger partial charge in [-0.2, -0.15) is 5.10 Å². The molecule has 2 aromatic heterocycles. The second-order valence-electron chi connectivity index (χ2n) is 6.68. The molecule has 1 aliphatic rings. The third-order valence-electron chi connectivity index (χ3n) is 4.90. The van der Waals surface area contributed by atoms with Crippen LogP contribution in [0.2, 0.25) is 0 Å². The summed E-state index contributed by atoms with van der Waals surface area (Å²) in [6.45, 7) is 11.6. The number of hydrogen-bond donors (Lipinski definition) is 0. The summed E-state index contributed by atoms with van der Waals surface area (Å²) in [7, 11) is 1.97. The van der Waals surface area contributed by atoms with E-state index < -0.39 is 0 Å². The monoisotopic (exact) mass is 329 g/mol. The fourth-order valence-electron chi connectivity index (χ4n) is 3.55. The van der Waals surface area contributed by atoms with Crippen LogP contribution in [0.1, 0.15) is 35.5 Å². The standard InChI is InChI=1S/C18H27N5O/c1-6-24-11-16-9-23(10-17(16)15-7-19-22(5)8-15)18-12(2)13(3)20-14(4)21-18/h7-8,16-17H,6,9-11H2,1-5H3/t16-,17-/m0/s1. The van der Waals surface area contributed by atoms with E-state index in [1.165, 1.54) is 11.1 Å². The van der Waals surface area contributed by atoms with E-state index in [9.17, 15) is 0 Å². The second kappa shape index (κ2) is 6.89. The average Bonchev–Trinajstić information content (AvgIpc) is 3.14. The smallest absolute Gasteiger partial charge is 0.135 e. The van der Waals surface area contributed by atoms with Crippen LogP contribution in [0.5, 0.6) is 0 Å². The van der Waals surface area contributed by atoms with Crippen LogP contribution in [0.15, 0.2) is 12.4 Å². The molecule has 0 bridgehead atoms. The number of rotatable bonds is 5. The van der Waals surface area contributed by atoms with Gasteiger partial charge in [-0.05, 0) is 33.3 Å². The van der Waals surface area contributed by atoms with Crippen molar-refractivity contribution in [1.82, 2.24) is 19.7 Å². The summed E-state index contributed by atoms with van der Waals surface area (Å²) in [6, 6.07) is 0. The Morgan fingerprint density at radius 3 is 2.67 bits per heavy atom. The summed E-state index contributed by atoms with van der Waals surface area (Å²) >= 11 is 0. The number of ether oxygens (including phenoxy) is 1. The molecule has 0 radical (unpaired) electrons. The third-order valence-corrected chi connectivity index (χ3v) is 4.90. The third kappa shape index (κ3) is 3.29. The van der Waals surface area contributed by atoms with Crippen molar-refractivity contribution in [1.29, 1.82) is 0 Å². The number of nitrogens with zero attached hydrogens (tertiary/aromatic N) is 5. The van der Waals surface area contributed by atoms with Gasteiger partial charge in [0.05, 0.1) is 12.8 Å². The number of anilines is 1. The van der Waals surface area contributed by atoms with Crippen LogP contribution in [0.25, 0.3) is 0 Å². The van der Waals surface area contributed by atoms with E-state index in [-0.39, 0.29) is 0 Å². The summed E-state index contributed by atoms with van der Waals surface area (Å²) < 4.78 is 7.63. The zero-order valence-electron chi connectivity index (χ0n) is 15.3. The lowest BCUT2D eigenvalue weighted by Gasteiger charge is -2.21. The highest BCUT2D eigenvalue weighted by atomic mass is 16.5. The maximum absolute atomic E-state index is 5.75. The van der Waals surface area contributed by atoms with Gasteiger partial charge in [0.15, 0.2) is 0 Å². The van der Waals surface area contributed by atoms with Crippen LogP contribution < -0.4 is 4.90 Å². The Labute approximate surface area is 143 Å². The fourth-order valence-corrected chi connectivity index (χ4v) is 3.55. The van der Waals surface area contributed by atoms with Gasteiger partial charge in [-0.25, -0.2) is 9.97 Å². The van der Waals surface area contributed by atoms with E-state index in [1.54, 1.807) is 0 Å². The van der Waals surface area contributed by atoms with E-state index in [2.05, 4.69) is 35.0 Å². The number of hydrogen-bond acceptors (Lipinski definition) is 5. The first kappa shape index (κ1) is 16.9. The molecule has 0 aromatic carbocycles. The molecule has 0 N–H and O–H groups in total. The Morgan fingerprint density at radius 1 is 1.21 bits per heavy atom. The van der Waals surface area contributed by atoms with Gasteiger partial charge in [0, 0.05) is 56.0 Å². The van der Waals surface area contributed by atoms with Crippen molar-refractivity contribution in [2.45, 2.75) is 33.6 Å². The Hall–Kier alpha value is -1.95. The SMILES string of the molecule is CCOC[C@@H]1CN(c2nc(C)nc(C)c2C)C[C@H]1c1cnn(C)c1. The first-order valence-electron chi connectivity index (χ1n) is 8.62. The molecule has 2 aromatic rings. The molecule has 1 saturated heterocycles.